The van der Waals surface area contributed by atoms with Gasteiger partial charge in [-0.15, -0.1) is 0 Å². The number of nitro groups is 1. The molecule has 1 aromatic rings. The summed E-state index contributed by atoms with van der Waals surface area (Å²) in [5, 5.41) is 11.3. The van der Waals surface area contributed by atoms with Crippen LogP contribution in [0.5, 0.6) is 5.75 Å². The highest BCUT2D eigenvalue weighted by molar-refractivity contribution is 6.30. The third kappa shape index (κ3) is 3.08. The van der Waals surface area contributed by atoms with Crippen molar-refractivity contribution < 1.29 is 14.4 Å². The zero-order valence-corrected chi connectivity index (χ0v) is 9.85. The van der Waals surface area contributed by atoms with Crippen molar-refractivity contribution in [1.29, 1.82) is 0 Å². The molecule has 1 aliphatic rings. The second-order valence-electron chi connectivity index (χ2n) is 3.80. The third-order valence-corrected chi connectivity index (χ3v) is 2.82. The number of hydrogen-bond acceptors (Lipinski definition) is 4. The Kier molecular flexibility index (Phi) is 3.81. The van der Waals surface area contributed by atoms with E-state index in [9.17, 15) is 10.1 Å². The molecule has 0 spiro atoms. The molecule has 5 nitrogen and oxygen atoms in total. The van der Waals surface area contributed by atoms with E-state index in [2.05, 4.69) is 0 Å². The zero-order valence-electron chi connectivity index (χ0n) is 9.10. The molecular weight excluding hydrogens is 246 g/mol. The van der Waals surface area contributed by atoms with Gasteiger partial charge in [0.05, 0.1) is 18.1 Å². The van der Waals surface area contributed by atoms with Crippen LogP contribution in [0, 0.1) is 10.1 Å². The molecule has 0 saturated carbocycles. The van der Waals surface area contributed by atoms with Crippen LogP contribution < -0.4 is 4.74 Å². The first-order chi connectivity index (χ1) is 8.16. The first-order valence-electron chi connectivity index (χ1n) is 5.35. The monoisotopic (exact) mass is 257 g/mol. The molecule has 0 bridgehead atoms. The minimum absolute atomic E-state index is 0.0408. The first kappa shape index (κ1) is 12.1. The molecule has 0 aliphatic carbocycles. The fourth-order valence-corrected chi connectivity index (χ4v) is 1.87. The smallest absolute Gasteiger partial charge is 0.311 e. The van der Waals surface area contributed by atoms with Crippen LogP contribution in [-0.4, -0.2) is 24.2 Å². The van der Waals surface area contributed by atoms with E-state index in [1.165, 1.54) is 18.2 Å². The molecule has 1 fully saturated rings. The third-order valence-electron chi connectivity index (χ3n) is 2.58. The predicted molar refractivity (Wildman–Crippen MR) is 62.6 cm³/mol. The van der Waals surface area contributed by atoms with Crippen molar-refractivity contribution in [2.45, 2.75) is 18.9 Å². The topological polar surface area (TPSA) is 61.6 Å². The number of benzene rings is 1. The molecule has 2 rings (SSSR count). The maximum absolute atomic E-state index is 10.8. The van der Waals surface area contributed by atoms with Gasteiger partial charge in [-0.3, -0.25) is 10.1 Å². The second-order valence-corrected chi connectivity index (χ2v) is 4.24. The van der Waals surface area contributed by atoms with Gasteiger partial charge in [0.2, 0.25) is 0 Å². The van der Waals surface area contributed by atoms with Gasteiger partial charge in [0, 0.05) is 30.0 Å². The lowest BCUT2D eigenvalue weighted by atomic mass is 10.1. The van der Waals surface area contributed by atoms with E-state index in [0.717, 1.165) is 12.8 Å². The van der Waals surface area contributed by atoms with Gasteiger partial charge < -0.3 is 9.47 Å². The number of hydrogen-bond donors (Lipinski definition) is 0. The molecule has 0 aromatic heterocycles. The number of nitro benzene ring substituents is 1. The van der Waals surface area contributed by atoms with Gasteiger partial charge in [-0.05, 0) is 6.07 Å². The van der Waals surface area contributed by atoms with Crippen LogP contribution in [0.25, 0.3) is 0 Å². The lowest BCUT2D eigenvalue weighted by Crippen LogP contribution is -2.26. The van der Waals surface area contributed by atoms with Crippen molar-refractivity contribution in [3.05, 3.63) is 33.3 Å². The van der Waals surface area contributed by atoms with Crippen LogP contribution in [0.4, 0.5) is 5.69 Å². The Hall–Kier alpha value is -1.33. The summed E-state index contributed by atoms with van der Waals surface area (Å²) in [5.74, 6) is 0.231. The quantitative estimate of drug-likeness (QED) is 0.617. The van der Waals surface area contributed by atoms with Crippen LogP contribution >= 0.6 is 11.6 Å². The lowest BCUT2D eigenvalue weighted by Gasteiger charge is -2.23. The maximum atomic E-state index is 10.8. The van der Waals surface area contributed by atoms with E-state index in [0.29, 0.717) is 18.2 Å². The summed E-state index contributed by atoms with van der Waals surface area (Å²) in [4.78, 5) is 10.4. The second kappa shape index (κ2) is 5.33. The largest absolute Gasteiger partial charge is 0.483 e. The maximum Gasteiger partial charge on any atom is 0.311 e. The molecule has 0 amide bonds. The minimum Gasteiger partial charge on any atom is -0.483 e. The molecule has 1 aromatic carbocycles. The van der Waals surface area contributed by atoms with E-state index < -0.39 is 4.92 Å². The Morgan fingerprint density at radius 3 is 2.76 bits per heavy atom. The average molecular weight is 258 g/mol. The van der Waals surface area contributed by atoms with Crippen LogP contribution in [0.3, 0.4) is 0 Å². The highest BCUT2D eigenvalue weighted by Crippen LogP contribution is 2.31. The van der Waals surface area contributed by atoms with Crippen LogP contribution in [0.1, 0.15) is 12.8 Å². The number of ether oxygens (including phenoxy) is 2. The molecule has 1 saturated heterocycles. The van der Waals surface area contributed by atoms with Gasteiger partial charge in [0.25, 0.3) is 0 Å². The van der Waals surface area contributed by atoms with Crippen LogP contribution in [-0.2, 0) is 4.74 Å². The molecule has 1 heterocycles. The normalized spacial score (nSPS) is 16.8. The summed E-state index contributed by atoms with van der Waals surface area (Å²) in [6, 6.07) is 4.32. The van der Waals surface area contributed by atoms with E-state index in [4.69, 9.17) is 21.1 Å². The van der Waals surface area contributed by atoms with E-state index in [1.807, 2.05) is 0 Å². The van der Waals surface area contributed by atoms with Gasteiger partial charge in [-0.2, -0.15) is 0 Å². The summed E-state index contributed by atoms with van der Waals surface area (Å²) >= 11 is 5.81. The van der Waals surface area contributed by atoms with Crippen molar-refractivity contribution in [2.24, 2.45) is 0 Å². The van der Waals surface area contributed by atoms with Crippen LogP contribution in [0.15, 0.2) is 18.2 Å². The van der Waals surface area contributed by atoms with E-state index in [-0.39, 0.29) is 17.5 Å². The van der Waals surface area contributed by atoms with Crippen molar-refractivity contribution in [3.63, 3.8) is 0 Å². The molecule has 0 unspecified atom stereocenters. The predicted octanol–water partition coefficient (Wildman–Crippen LogP) is 2.81. The number of rotatable bonds is 3. The van der Waals surface area contributed by atoms with Crippen molar-refractivity contribution in [2.75, 3.05) is 13.2 Å². The van der Waals surface area contributed by atoms with E-state index in [1.54, 1.807) is 0 Å². The Balaban J connectivity index is 2.17. The summed E-state index contributed by atoms with van der Waals surface area (Å²) in [6.45, 7) is 1.25. The zero-order chi connectivity index (χ0) is 12.3. The van der Waals surface area contributed by atoms with Gasteiger partial charge in [-0.1, -0.05) is 11.6 Å². The average Bonchev–Trinajstić information content (AvgIpc) is 2.30. The van der Waals surface area contributed by atoms with Crippen molar-refractivity contribution >= 4 is 17.3 Å². The van der Waals surface area contributed by atoms with Gasteiger partial charge in [0.1, 0.15) is 6.10 Å². The highest BCUT2D eigenvalue weighted by atomic mass is 35.5. The van der Waals surface area contributed by atoms with Crippen LogP contribution in [0.2, 0.25) is 5.02 Å². The molecule has 6 heteroatoms. The number of halogens is 1. The van der Waals surface area contributed by atoms with Gasteiger partial charge in [0.15, 0.2) is 5.75 Å². The summed E-state index contributed by atoms with van der Waals surface area (Å²) < 4.78 is 10.8. The van der Waals surface area contributed by atoms with E-state index >= 15 is 0 Å². The molecular formula is C11H12ClNO4. The minimum atomic E-state index is -0.467. The highest BCUT2D eigenvalue weighted by Gasteiger charge is 2.21. The first-order valence-corrected chi connectivity index (χ1v) is 5.73. The lowest BCUT2D eigenvalue weighted by molar-refractivity contribution is -0.386. The number of nitrogens with zero attached hydrogens (tertiary/aromatic N) is 1. The molecule has 1 aliphatic heterocycles. The van der Waals surface area contributed by atoms with Crippen molar-refractivity contribution in [3.8, 4) is 5.75 Å². The summed E-state index contributed by atoms with van der Waals surface area (Å²) in [6.07, 6.45) is 1.44. The summed E-state index contributed by atoms with van der Waals surface area (Å²) in [7, 11) is 0. The Morgan fingerprint density at radius 2 is 2.12 bits per heavy atom. The SMILES string of the molecule is O=[N+]([O-])c1ccc(Cl)cc1OC1CCOCC1. The van der Waals surface area contributed by atoms with Gasteiger partial charge in [-0.25, -0.2) is 0 Å². The summed E-state index contributed by atoms with van der Waals surface area (Å²) in [5.41, 5.74) is -0.0547. The Bertz CT molecular complexity index is 418. The molecule has 0 radical (unpaired) electrons. The van der Waals surface area contributed by atoms with Crippen molar-refractivity contribution in [1.82, 2.24) is 0 Å². The standard InChI is InChI=1S/C11H12ClNO4/c12-8-1-2-10(13(14)15)11(7-8)17-9-3-5-16-6-4-9/h1-2,7,9H,3-6H2. The fraction of sp³-hybridized carbons (Fsp3) is 0.455. The molecule has 0 N–H and O–H groups in total. The molecule has 0 atom stereocenters. The fourth-order valence-electron chi connectivity index (χ4n) is 1.71. The molecule has 92 valence electrons. The Labute approximate surface area is 103 Å². The Morgan fingerprint density at radius 1 is 1.41 bits per heavy atom. The van der Waals surface area contributed by atoms with Gasteiger partial charge >= 0.3 is 5.69 Å². The molecule has 17 heavy (non-hydrogen) atoms.